The van der Waals surface area contributed by atoms with Gasteiger partial charge in [-0.05, 0) is 51.0 Å². The largest absolute Gasteiger partial charge is 0.494 e. The van der Waals surface area contributed by atoms with Crippen molar-refractivity contribution in [2.45, 2.75) is 36.9 Å². The molecule has 0 saturated heterocycles. The summed E-state index contributed by atoms with van der Waals surface area (Å²) >= 11 is 0.971. The number of rotatable bonds is 10. The van der Waals surface area contributed by atoms with Crippen LogP contribution in [0.3, 0.4) is 0 Å². The topological polar surface area (TPSA) is 110 Å². The predicted molar refractivity (Wildman–Crippen MR) is 116 cm³/mol. The van der Waals surface area contributed by atoms with Crippen molar-refractivity contribution in [1.82, 2.24) is 9.71 Å². The highest BCUT2D eigenvalue weighted by Crippen LogP contribution is 2.32. The normalized spacial score (nSPS) is 13.8. The van der Waals surface area contributed by atoms with E-state index in [2.05, 4.69) is 15.0 Å². The molecule has 0 radical (unpaired) electrons. The molecule has 2 aromatic rings. The Hall–Kier alpha value is -2.21. The molecule has 0 spiro atoms. The molecule has 1 aliphatic rings. The molecule has 164 valence electrons. The van der Waals surface area contributed by atoms with E-state index in [1.165, 1.54) is 12.0 Å². The van der Waals surface area contributed by atoms with Gasteiger partial charge in [0, 0.05) is 18.8 Å². The number of methoxy groups -OCH3 is 1. The van der Waals surface area contributed by atoms with Gasteiger partial charge in [-0.3, -0.25) is 4.90 Å². The molecule has 2 amide bonds. The summed E-state index contributed by atoms with van der Waals surface area (Å²) in [6, 6.07) is 6.57. The van der Waals surface area contributed by atoms with Gasteiger partial charge < -0.3 is 14.8 Å². The average molecular weight is 455 g/mol. The highest BCUT2D eigenvalue weighted by Gasteiger charge is 2.32. The second-order valence-corrected chi connectivity index (χ2v) is 9.68. The van der Waals surface area contributed by atoms with Crippen LogP contribution in [0.4, 0.5) is 15.6 Å². The van der Waals surface area contributed by atoms with E-state index in [-0.39, 0.29) is 23.4 Å². The van der Waals surface area contributed by atoms with Gasteiger partial charge >= 0.3 is 6.03 Å². The quantitative estimate of drug-likeness (QED) is 0.571. The van der Waals surface area contributed by atoms with Crippen LogP contribution in [0.25, 0.3) is 0 Å². The maximum Gasteiger partial charge on any atom is 0.328 e. The third kappa shape index (κ3) is 5.69. The van der Waals surface area contributed by atoms with E-state index in [0.717, 1.165) is 24.2 Å². The number of aryl methyl sites for hydroxylation is 1. The first-order valence-electron chi connectivity index (χ1n) is 9.64. The standard InChI is InChI=1S/C19H26N4O5S2/c1-4-28-16-9-7-14(8-10-16)21-18(24)23(11-12-27-3)19-20-13(2)17(29-19)30(25,26)22-15-5-6-15/h7-10,15,22H,4-6,11-12H2,1-3H3,(H,21,24). The molecular formula is C19H26N4O5S2. The zero-order chi connectivity index (χ0) is 21.7. The lowest BCUT2D eigenvalue weighted by molar-refractivity contribution is 0.204. The van der Waals surface area contributed by atoms with Gasteiger partial charge in [-0.1, -0.05) is 11.3 Å². The monoisotopic (exact) mass is 454 g/mol. The number of benzene rings is 1. The van der Waals surface area contributed by atoms with Crippen LogP contribution >= 0.6 is 11.3 Å². The summed E-state index contributed by atoms with van der Waals surface area (Å²) in [4.78, 5) is 18.6. The molecule has 11 heteroatoms. The Balaban J connectivity index is 1.79. The second-order valence-electron chi connectivity index (χ2n) is 6.80. The molecule has 0 bridgehead atoms. The summed E-state index contributed by atoms with van der Waals surface area (Å²) in [5.41, 5.74) is 0.946. The molecule has 30 heavy (non-hydrogen) atoms. The number of sulfonamides is 1. The third-order valence-electron chi connectivity index (χ3n) is 4.30. The zero-order valence-corrected chi connectivity index (χ0v) is 18.8. The van der Waals surface area contributed by atoms with Gasteiger partial charge in [0.2, 0.25) is 0 Å². The molecule has 1 heterocycles. The van der Waals surface area contributed by atoms with Crippen LogP contribution in [-0.4, -0.2) is 52.3 Å². The Kier molecular flexibility index (Phi) is 7.29. The summed E-state index contributed by atoms with van der Waals surface area (Å²) in [7, 11) is -2.12. The number of nitrogens with zero attached hydrogens (tertiary/aromatic N) is 2. The molecule has 9 nitrogen and oxygen atoms in total. The molecule has 0 atom stereocenters. The van der Waals surface area contributed by atoms with E-state index in [1.54, 1.807) is 31.2 Å². The molecule has 1 fully saturated rings. The molecule has 1 aliphatic carbocycles. The minimum absolute atomic E-state index is 0.00694. The lowest BCUT2D eigenvalue weighted by atomic mass is 10.3. The lowest BCUT2D eigenvalue weighted by Crippen LogP contribution is -2.37. The highest BCUT2D eigenvalue weighted by atomic mass is 32.2. The van der Waals surface area contributed by atoms with Crippen molar-refractivity contribution in [3.05, 3.63) is 30.0 Å². The van der Waals surface area contributed by atoms with E-state index in [1.807, 2.05) is 6.92 Å². The minimum atomic E-state index is -3.65. The van der Waals surface area contributed by atoms with Crippen molar-refractivity contribution < 1.29 is 22.7 Å². The van der Waals surface area contributed by atoms with Gasteiger partial charge in [-0.2, -0.15) is 0 Å². The van der Waals surface area contributed by atoms with Crippen LogP contribution in [0.2, 0.25) is 0 Å². The molecule has 3 rings (SSSR count). The van der Waals surface area contributed by atoms with Crippen LogP contribution in [0.5, 0.6) is 5.75 Å². The summed E-state index contributed by atoms with van der Waals surface area (Å²) < 4.78 is 38.5. The zero-order valence-electron chi connectivity index (χ0n) is 17.2. The van der Waals surface area contributed by atoms with Crippen LogP contribution in [-0.2, 0) is 14.8 Å². The Labute approximate surface area is 180 Å². The van der Waals surface area contributed by atoms with Crippen LogP contribution in [0, 0.1) is 6.92 Å². The van der Waals surface area contributed by atoms with Gasteiger partial charge in [0.25, 0.3) is 10.0 Å². The van der Waals surface area contributed by atoms with Crippen molar-refractivity contribution in [1.29, 1.82) is 0 Å². The summed E-state index contributed by atoms with van der Waals surface area (Å²) in [5, 5.41) is 3.10. The average Bonchev–Trinajstić information content (AvgIpc) is 3.41. The Bertz CT molecular complexity index is 971. The number of carbonyl (C=O) groups is 1. The number of nitrogens with one attached hydrogen (secondary N) is 2. The number of carbonyl (C=O) groups excluding carboxylic acids is 1. The minimum Gasteiger partial charge on any atom is -0.494 e. The summed E-state index contributed by atoms with van der Waals surface area (Å²) in [5.74, 6) is 0.709. The number of anilines is 2. The third-order valence-corrected chi connectivity index (χ3v) is 7.61. The number of amides is 2. The molecule has 1 aromatic carbocycles. The summed E-state index contributed by atoms with van der Waals surface area (Å²) in [6.45, 7) is 4.58. The van der Waals surface area contributed by atoms with E-state index in [4.69, 9.17) is 9.47 Å². The van der Waals surface area contributed by atoms with Gasteiger partial charge in [0.15, 0.2) is 9.34 Å². The Morgan fingerprint density at radius 1 is 1.30 bits per heavy atom. The molecule has 0 aliphatic heterocycles. The lowest BCUT2D eigenvalue weighted by Gasteiger charge is -2.20. The van der Waals surface area contributed by atoms with Crippen molar-refractivity contribution in [3.8, 4) is 5.75 Å². The first-order chi connectivity index (χ1) is 14.3. The van der Waals surface area contributed by atoms with E-state index in [0.29, 0.717) is 28.9 Å². The Morgan fingerprint density at radius 3 is 2.60 bits per heavy atom. The Morgan fingerprint density at radius 2 is 2.00 bits per heavy atom. The fourth-order valence-corrected chi connectivity index (χ4v) is 5.52. The summed E-state index contributed by atoms with van der Waals surface area (Å²) in [6.07, 6.45) is 1.68. The molecule has 1 saturated carbocycles. The van der Waals surface area contributed by atoms with Crippen LogP contribution in [0.1, 0.15) is 25.5 Å². The SMILES string of the molecule is CCOc1ccc(NC(=O)N(CCOC)c2nc(C)c(S(=O)(=O)NC3CC3)s2)cc1. The van der Waals surface area contributed by atoms with Gasteiger partial charge in [0.05, 0.1) is 25.5 Å². The maximum absolute atomic E-state index is 12.9. The van der Waals surface area contributed by atoms with E-state index < -0.39 is 16.1 Å². The van der Waals surface area contributed by atoms with E-state index >= 15 is 0 Å². The van der Waals surface area contributed by atoms with Crippen molar-refractivity contribution in [2.75, 3.05) is 37.1 Å². The van der Waals surface area contributed by atoms with Gasteiger partial charge in [0.1, 0.15) is 5.75 Å². The van der Waals surface area contributed by atoms with Crippen LogP contribution in [0.15, 0.2) is 28.5 Å². The smallest absolute Gasteiger partial charge is 0.328 e. The molecule has 0 unspecified atom stereocenters. The van der Waals surface area contributed by atoms with Gasteiger partial charge in [-0.15, -0.1) is 0 Å². The van der Waals surface area contributed by atoms with Crippen molar-refractivity contribution >= 4 is 38.2 Å². The fraction of sp³-hybridized carbons (Fsp3) is 0.474. The fourth-order valence-electron chi connectivity index (χ4n) is 2.67. The molecule has 1 aromatic heterocycles. The van der Waals surface area contributed by atoms with Crippen LogP contribution < -0.4 is 19.7 Å². The van der Waals surface area contributed by atoms with Gasteiger partial charge in [-0.25, -0.2) is 22.9 Å². The number of hydrogen-bond donors (Lipinski definition) is 2. The second kappa shape index (κ2) is 9.73. The van der Waals surface area contributed by atoms with Crippen molar-refractivity contribution in [2.24, 2.45) is 0 Å². The first-order valence-corrected chi connectivity index (χ1v) is 11.9. The first kappa shape index (κ1) is 22.5. The molecule has 2 N–H and O–H groups in total. The maximum atomic E-state index is 12.9. The number of aromatic nitrogens is 1. The van der Waals surface area contributed by atoms with Crippen molar-refractivity contribution in [3.63, 3.8) is 0 Å². The number of urea groups is 1. The number of ether oxygens (including phenoxy) is 2. The predicted octanol–water partition coefficient (Wildman–Crippen LogP) is 2.98. The number of hydrogen-bond acceptors (Lipinski definition) is 7. The number of thiazole rings is 1. The highest BCUT2D eigenvalue weighted by molar-refractivity contribution is 7.91. The molecular weight excluding hydrogens is 428 g/mol. The van der Waals surface area contributed by atoms with E-state index in [9.17, 15) is 13.2 Å².